The predicted octanol–water partition coefficient (Wildman–Crippen LogP) is 2.29. The van der Waals surface area contributed by atoms with Gasteiger partial charge in [0.2, 0.25) is 0 Å². The fourth-order valence-corrected chi connectivity index (χ4v) is 1.91. The highest BCUT2D eigenvalue weighted by Crippen LogP contribution is 2.25. The van der Waals surface area contributed by atoms with Crippen molar-refractivity contribution in [1.29, 1.82) is 0 Å². The molecule has 2 rings (SSSR count). The topological polar surface area (TPSA) is 65.4 Å². The van der Waals surface area contributed by atoms with Crippen molar-refractivity contribution < 1.29 is 10.2 Å². The summed E-state index contributed by atoms with van der Waals surface area (Å²) in [6, 6.07) is 7.39. The van der Waals surface area contributed by atoms with Crippen LogP contribution in [0.25, 0.3) is 10.9 Å². The van der Waals surface area contributed by atoms with Crippen LogP contribution in [0.4, 0.5) is 5.69 Å². The molecule has 4 nitrogen and oxygen atoms in total. The Labute approximate surface area is 117 Å². The molecule has 0 amide bonds. The molecule has 0 unspecified atom stereocenters. The first-order chi connectivity index (χ1) is 9.08. The molecule has 0 atom stereocenters. The third kappa shape index (κ3) is 3.15. The molecule has 0 saturated carbocycles. The lowest BCUT2D eigenvalue weighted by Gasteiger charge is -2.25. The molecular weight excluding hydrogens is 264 g/mol. The van der Waals surface area contributed by atoms with Crippen LogP contribution in [-0.2, 0) is 0 Å². The number of aliphatic hydroxyl groups is 2. The molecule has 2 aromatic rings. The minimum absolute atomic E-state index is 0.0780. The summed E-state index contributed by atoms with van der Waals surface area (Å²) in [7, 11) is 0. The van der Waals surface area contributed by atoms with Crippen LogP contribution in [0.1, 0.15) is 6.92 Å². The van der Waals surface area contributed by atoms with E-state index in [4.69, 9.17) is 11.6 Å². The molecule has 5 heteroatoms. The first kappa shape index (κ1) is 14.1. The predicted molar refractivity (Wildman–Crippen MR) is 77.5 cm³/mol. The quantitative estimate of drug-likeness (QED) is 0.786. The maximum absolute atomic E-state index is 9.28. The van der Waals surface area contributed by atoms with E-state index < -0.39 is 5.41 Å². The Morgan fingerprint density at radius 1 is 1.26 bits per heavy atom. The minimum atomic E-state index is -0.554. The summed E-state index contributed by atoms with van der Waals surface area (Å²) >= 11 is 5.94. The molecule has 0 aliphatic carbocycles. The van der Waals surface area contributed by atoms with Crippen LogP contribution < -0.4 is 5.32 Å². The molecule has 0 aliphatic heterocycles. The Balaban J connectivity index is 2.26. The second-order valence-corrected chi connectivity index (χ2v) is 5.44. The van der Waals surface area contributed by atoms with Gasteiger partial charge < -0.3 is 15.5 Å². The van der Waals surface area contributed by atoms with E-state index in [1.807, 2.05) is 25.1 Å². The SMILES string of the molecule is CC(CO)(CO)CNc1ccnc2cc(Cl)ccc12. The monoisotopic (exact) mass is 280 g/mol. The zero-order valence-corrected chi connectivity index (χ0v) is 11.5. The largest absolute Gasteiger partial charge is 0.396 e. The zero-order chi connectivity index (χ0) is 13.9. The average Bonchev–Trinajstić information content (AvgIpc) is 2.44. The standard InChI is InChI=1S/C14H17ClN2O2/c1-14(8-18,9-19)7-17-12-4-5-16-13-6-10(15)2-3-11(12)13/h2-6,18-19H,7-9H2,1H3,(H,16,17). The molecule has 0 radical (unpaired) electrons. The van der Waals surface area contributed by atoms with Gasteiger partial charge in [-0.2, -0.15) is 0 Å². The normalized spacial score (nSPS) is 11.8. The Bertz CT molecular complexity index is 570. The number of nitrogens with zero attached hydrogens (tertiary/aromatic N) is 1. The minimum Gasteiger partial charge on any atom is -0.396 e. The number of nitrogens with one attached hydrogen (secondary N) is 1. The maximum atomic E-state index is 9.28. The number of aliphatic hydroxyl groups excluding tert-OH is 2. The van der Waals surface area contributed by atoms with E-state index in [9.17, 15) is 10.2 Å². The Kier molecular flexibility index (Phi) is 4.24. The van der Waals surface area contributed by atoms with E-state index in [-0.39, 0.29) is 13.2 Å². The molecule has 0 saturated heterocycles. The number of benzene rings is 1. The third-order valence-electron chi connectivity index (χ3n) is 3.17. The number of anilines is 1. The van der Waals surface area contributed by atoms with Crippen LogP contribution in [0.15, 0.2) is 30.5 Å². The van der Waals surface area contributed by atoms with Gasteiger partial charge in [0, 0.05) is 34.3 Å². The molecule has 1 aromatic carbocycles. The van der Waals surface area contributed by atoms with Crippen molar-refractivity contribution in [2.24, 2.45) is 5.41 Å². The molecule has 0 aliphatic rings. The lowest BCUT2D eigenvalue weighted by molar-refractivity contribution is 0.0807. The highest BCUT2D eigenvalue weighted by molar-refractivity contribution is 6.31. The number of rotatable bonds is 5. The lowest BCUT2D eigenvalue weighted by Crippen LogP contribution is -2.34. The van der Waals surface area contributed by atoms with E-state index in [0.717, 1.165) is 16.6 Å². The Hall–Kier alpha value is -1.36. The van der Waals surface area contributed by atoms with E-state index in [0.29, 0.717) is 11.6 Å². The van der Waals surface area contributed by atoms with Gasteiger partial charge in [-0.1, -0.05) is 18.5 Å². The Morgan fingerprint density at radius 2 is 2.00 bits per heavy atom. The van der Waals surface area contributed by atoms with Crippen molar-refractivity contribution in [2.45, 2.75) is 6.92 Å². The zero-order valence-electron chi connectivity index (χ0n) is 10.7. The number of pyridine rings is 1. The summed E-state index contributed by atoms with van der Waals surface area (Å²) in [4.78, 5) is 4.26. The van der Waals surface area contributed by atoms with Gasteiger partial charge in [-0.15, -0.1) is 0 Å². The van der Waals surface area contributed by atoms with Crippen LogP contribution in [0.2, 0.25) is 5.02 Å². The van der Waals surface area contributed by atoms with Gasteiger partial charge in [0.15, 0.2) is 0 Å². The Morgan fingerprint density at radius 3 is 2.68 bits per heavy atom. The van der Waals surface area contributed by atoms with Gasteiger partial charge in [0.25, 0.3) is 0 Å². The van der Waals surface area contributed by atoms with Crippen molar-refractivity contribution in [2.75, 3.05) is 25.1 Å². The van der Waals surface area contributed by atoms with Gasteiger partial charge in [0.05, 0.1) is 18.7 Å². The summed E-state index contributed by atoms with van der Waals surface area (Å²) < 4.78 is 0. The van der Waals surface area contributed by atoms with Gasteiger partial charge in [-0.25, -0.2) is 0 Å². The van der Waals surface area contributed by atoms with Crippen LogP contribution >= 0.6 is 11.6 Å². The summed E-state index contributed by atoms with van der Waals surface area (Å²) in [5.41, 5.74) is 1.17. The molecule has 0 fully saturated rings. The van der Waals surface area contributed by atoms with Crippen molar-refractivity contribution in [3.8, 4) is 0 Å². The third-order valence-corrected chi connectivity index (χ3v) is 3.41. The van der Waals surface area contributed by atoms with Crippen LogP contribution in [-0.4, -0.2) is 35.0 Å². The molecule has 102 valence electrons. The van der Waals surface area contributed by atoms with E-state index in [1.54, 1.807) is 12.3 Å². The summed E-state index contributed by atoms with van der Waals surface area (Å²) in [6.07, 6.45) is 1.70. The smallest absolute Gasteiger partial charge is 0.0737 e. The van der Waals surface area contributed by atoms with Gasteiger partial charge in [0.1, 0.15) is 0 Å². The van der Waals surface area contributed by atoms with E-state index >= 15 is 0 Å². The van der Waals surface area contributed by atoms with Crippen LogP contribution in [0.5, 0.6) is 0 Å². The highest BCUT2D eigenvalue weighted by atomic mass is 35.5. The summed E-state index contributed by atoms with van der Waals surface area (Å²) in [5, 5.41) is 23.4. The molecular formula is C14H17ClN2O2. The molecule has 0 spiro atoms. The average molecular weight is 281 g/mol. The first-order valence-corrected chi connectivity index (χ1v) is 6.46. The fourth-order valence-electron chi connectivity index (χ4n) is 1.75. The number of aromatic nitrogens is 1. The second kappa shape index (κ2) is 5.74. The van der Waals surface area contributed by atoms with Gasteiger partial charge >= 0.3 is 0 Å². The number of fused-ring (bicyclic) bond motifs is 1. The van der Waals surface area contributed by atoms with Crippen molar-refractivity contribution >= 4 is 28.2 Å². The lowest BCUT2D eigenvalue weighted by atomic mass is 9.93. The molecule has 3 N–H and O–H groups in total. The number of halogens is 1. The maximum Gasteiger partial charge on any atom is 0.0737 e. The van der Waals surface area contributed by atoms with Crippen LogP contribution in [0, 0.1) is 5.41 Å². The molecule has 0 bridgehead atoms. The molecule has 1 aromatic heterocycles. The molecule has 19 heavy (non-hydrogen) atoms. The number of hydrogen-bond donors (Lipinski definition) is 3. The van der Waals surface area contributed by atoms with Crippen LogP contribution in [0.3, 0.4) is 0 Å². The summed E-state index contributed by atoms with van der Waals surface area (Å²) in [6.45, 7) is 2.14. The van der Waals surface area contributed by atoms with E-state index in [1.165, 1.54) is 0 Å². The van der Waals surface area contributed by atoms with E-state index in [2.05, 4.69) is 10.3 Å². The summed E-state index contributed by atoms with van der Waals surface area (Å²) in [5.74, 6) is 0. The second-order valence-electron chi connectivity index (χ2n) is 5.00. The van der Waals surface area contributed by atoms with Gasteiger partial charge in [-0.05, 0) is 24.3 Å². The van der Waals surface area contributed by atoms with Crippen molar-refractivity contribution in [1.82, 2.24) is 4.98 Å². The highest BCUT2D eigenvalue weighted by Gasteiger charge is 2.22. The van der Waals surface area contributed by atoms with Crippen molar-refractivity contribution in [3.63, 3.8) is 0 Å². The first-order valence-electron chi connectivity index (χ1n) is 6.08. The fraction of sp³-hybridized carbons (Fsp3) is 0.357. The number of hydrogen-bond acceptors (Lipinski definition) is 4. The van der Waals surface area contributed by atoms with Crippen molar-refractivity contribution in [3.05, 3.63) is 35.5 Å². The van der Waals surface area contributed by atoms with Gasteiger partial charge in [-0.3, -0.25) is 4.98 Å². The molecule has 1 heterocycles.